The van der Waals surface area contributed by atoms with E-state index in [0.717, 1.165) is 57.2 Å². The van der Waals surface area contributed by atoms with Crippen molar-refractivity contribution >= 4 is 11.6 Å². The lowest BCUT2D eigenvalue weighted by molar-refractivity contribution is 0.00937. The van der Waals surface area contributed by atoms with Crippen LogP contribution in [0.5, 0.6) is 0 Å². The minimum atomic E-state index is 0.103. The molecule has 2 N–H and O–H groups in total. The fourth-order valence-electron chi connectivity index (χ4n) is 3.75. The van der Waals surface area contributed by atoms with E-state index < -0.39 is 0 Å². The molecule has 3 rings (SSSR count). The molecule has 2 aliphatic rings. The number of nitrogens with one attached hydrogen (secondary N) is 1. The van der Waals surface area contributed by atoms with Crippen LogP contribution in [-0.4, -0.2) is 90.4 Å². The van der Waals surface area contributed by atoms with E-state index >= 15 is 0 Å². The molecule has 3 heterocycles. The highest BCUT2D eigenvalue weighted by Gasteiger charge is 2.41. The van der Waals surface area contributed by atoms with Crippen molar-refractivity contribution in [1.82, 2.24) is 19.8 Å². The van der Waals surface area contributed by atoms with E-state index in [4.69, 9.17) is 5.11 Å². The van der Waals surface area contributed by atoms with Crippen LogP contribution in [-0.2, 0) is 0 Å². The highest BCUT2D eigenvalue weighted by molar-refractivity contribution is 5.48. The largest absolute Gasteiger partial charge is 0.395 e. The normalized spacial score (nSPS) is 22.5. The Bertz CT molecular complexity index is 517. The molecule has 7 heteroatoms. The van der Waals surface area contributed by atoms with Crippen molar-refractivity contribution in [2.75, 3.05) is 70.2 Å². The van der Waals surface area contributed by atoms with Crippen molar-refractivity contribution in [2.45, 2.75) is 18.4 Å². The number of hydrogen-bond acceptors (Lipinski definition) is 7. The van der Waals surface area contributed by atoms with Gasteiger partial charge in [-0.25, -0.2) is 9.97 Å². The summed E-state index contributed by atoms with van der Waals surface area (Å²) in [4.78, 5) is 16.0. The van der Waals surface area contributed by atoms with Crippen molar-refractivity contribution in [3.8, 4) is 0 Å². The first kappa shape index (κ1) is 16.4. The summed E-state index contributed by atoms with van der Waals surface area (Å²) in [7, 11) is 4.49. The zero-order valence-corrected chi connectivity index (χ0v) is 14.2. The molecule has 0 radical (unpaired) electrons. The lowest BCUT2D eigenvalue weighted by Gasteiger charge is -2.52. The number of hydrogen-bond donors (Lipinski definition) is 2. The standard InChI is InChI=1S/C16H28N6O/c1-20-8-9-21(2)16(12-20)3-6-22(7-4-16)15-11-14(17-5-10-23)18-13-19-15/h11,13,23H,3-10,12H2,1-2H3,(H,17,18,19). The third kappa shape index (κ3) is 3.57. The second-order valence-corrected chi connectivity index (χ2v) is 6.78. The predicted molar refractivity (Wildman–Crippen MR) is 91.9 cm³/mol. The Balaban J connectivity index is 1.64. The molecule has 0 unspecified atom stereocenters. The van der Waals surface area contributed by atoms with Gasteiger partial charge in [0.15, 0.2) is 0 Å². The van der Waals surface area contributed by atoms with Gasteiger partial charge in [-0.05, 0) is 26.9 Å². The predicted octanol–water partition coefficient (Wildman–Crippen LogP) is 0.0970. The van der Waals surface area contributed by atoms with E-state index in [-0.39, 0.29) is 6.61 Å². The molecule has 1 spiro atoms. The first-order valence-corrected chi connectivity index (χ1v) is 8.44. The number of aliphatic hydroxyl groups is 1. The SMILES string of the molecule is CN1CCN(C)C2(CCN(c3cc(NCCO)ncn3)CC2)C1. The van der Waals surface area contributed by atoms with Crippen LogP contribution >= 0.6 is 0 Å². The van der Waals surface area contributed by atoms with Crippen LogP contribution in [0, 0.1) is 0 Å². The van der Waals surface area contributed by atoms with E-state index in [9.17, 15) is 0 Å². The third-order valence-electron chi connectivity index (χ3n) is 5.28. The van der Waals surface area contributed by atoms with Gasteiger partial charge in [-0.1, -0.05) is 0 Å². The van der Waals surface area contributed by atoms with Gasteiger partial charge in [-0.2, -0.15) is 0 Å². The topological polar surface area (TPSA) is 67.8 Å². The Morgan fingerprint density at radius 1 is 1.17 bits per heavy atom. The molecular formula is C16H28N6O. The molecule has 0 amide bonds. The molecule has 2 fully saturated rings. The fourth-order valence-corrected chi connectivity index (χ4v) is 3.75. The van der Waals surface area contributed by atoms with Crippen molar-refractivity contribution in [3.63, 3.8) is 0 Å². The summed E-state index contributed by atoms with van der Waals surface area (Å²) < 4.78 is 0. The molecule has 0 aromatic carbocycles. The van der Waals surface area contributed by atoms with Crippen LogP contribution in [0.15, 0.2) is 12.4 Å². The average Bonchev–Trinajstić information content (AvgIpc) is 2.58. The molecular weight excluding hydrogens is 292 g/mol. The summed E-state index contributed by atoms with van der Waals surface area (Å²) in [6.45, 7) is 6.13. The second-order valence-electron chi connectivity index (χ2n) is 6.78. The van der Waals surface area contributed by atoms with E-state index in [2.05, 4.69) is 44.1 Å². The van der Waals surface area contributed by atoms with Gasteiger partial charge in [0.2, 0.25) is 0 Å². The van der Waals surface area contributed by atoms with Crippen LogP contribution in [0.1, 0.15) is 12.8 Å². The molecule has 0 saturated carbocycles. The Morgan fingerprint density at radius 2 is 1.96 bits per heavy atom. The number of aliphatic hydroxyl groups excluding tert-OH is 1. The summed E-state index contributed by atoms with van der Waals surface area (Å²) in [5.41, 5.74) is 0.314. The van der Waals surface area contributed by atoms with Crippen LogP contribution < -0.4 is 10.2 Å². The maximum Gasteiger partial charge on any atom is 0.134 e. The Kier molecular flexibility index (Phi) is 4.99. The summed E-state index contributed by atoms with van der Waals surface area (Å²) in [6.07, 6.45) is 3.93. The van der Waals surface area contributed by atoms with Gasteiger partial charge in [0.1, 0.15) is 18.0 Å². The highest BCUT2D eigenvalue weighted by atomic mass is 16.3. The van der Waals surface area contributed by atoms with Crippen molar-refractivity contribution in [3.05, 3.63) is 12.4 Å². The number of nitrogens with zero attached hydrogens (tertiary/aromatic N) is 5. The first-order chi connectivity index (χ1) is 11.1. The summed E-state index contributed by atoms with van der Waals surface area (Å²) in [5.74, 6) is 1.75. The van der Waals surface area contributed by atoms with Gasteiger partial charge in [0, 0.05) is 50.9 Å². The Morgan fingerprint density at radius 3 is 2.70 bits per heavy atom. The van der Waals surface area contributed by atoms with E-state index in [0.29, 0.717) is 12.1 Å². The average molecular weight is 320 g/mol. The summed E-state index contributed by atoms with van der Waals surface area (Å²) >= 11 is 0. The minimum absolute atomic E-state index is 0.103. The number of piperidine rings is 1. The van der Waals surface area contributed by atoms with Crippen LogP contribution in [0.2, 0.25) is 0 Å². The number of anilines is 2. The van der Waals surface area contributed by atoms with Crippen LogP contribution in [0.4, 0.5) is 11.6 Å². The molecule has 1 aromatic rings. The van der Waals surface area contributed by atoms with Crippen LogP contribution in [0.3, 0.4) is 0 Å². The highest BCUT2D eigenvalue weighted by Crippen LogP contribution is 2.32. The van der Waals surface area contributed by atoms with Gasteiger partial charge in [0.05, 0.1) is 6.61 Å². The quantitative estimate of drug-likeness (QED) is 0.815. The molecule has 7 nitrogen and oxygen atoms in total. The zero-order valence-electron chi connectivity index (χ0n) is 14.2. The molecule has 2 aliphatic heterocycles. The monoisotopic (exact) mass is 320 g/mol. The maximum absolute atomic E-state index is 8.91. The van der Waals surface area contributed by atoms with Gasteiger partial charge < -0.3 is 20.2 Å². The molecule has 23 heavy (non-hydrogen) atoms. The van der Waals surface area contributed by atoms with Gasteiger partial charge in [0.25, 0.3) is 0 Å². The summed E-state index contributed by atoms with van der Waals surface area (Å²) in [6, 6.07) is 1.98. The molecule has 0 aliphatic carbocycles. The van der Waals surface area contributed by atoms with Crippen molar-refractivity contribution in [2.24, 2.45) is 0 Å². The Hall–Kier alpha value is -1.44. The lowest BCUT2D eigenvalue weighted by Crippen LogP contribution is -2.63. The maximum atomic E-state index is 8.91. The smallest absolute Gasteiger partial charge is 0.134 e. The van der Waals surface area contributed by atoms with E-state index in [1.165, 1.54) is 0 Å². The lowest BCUT2D eigenvalue weighted by atomic mass is 9.84. The number of likely N-dealkylation sites (N-methyl/N-ethyl adjacent to an activating group) is 2. The van der Waals surface area contributed by atoms with Crippen molar-refractivity contribution in [1.29, 1.82) is 0 Å². The number of aromatic nitrogens is 2. The van der Waals surface area contributed by atoms with Gasteiger partial charge in [-0.3, -0.25) is 4.90 Å². The van der Waals surface area contributed by atoms with Crippen molar-refractivity contribution < 1.29 is 5.11 Å². The third-order valence-corrected chi connectivity index (χ3v) is 5.28. The molecule has 0 atom stereocenters. The van der Waals surface area contributed by atoms with Gasteiger partial charge in [-0.15, -0.1) is 0 Å². The zero-order chi connectivity index (χ0) is 16.3. The fraction of sp³-hybridized carbons (Fsp3) is 0.750. The second kappa shape index (κ2) is 6.98. The summed E-state index contributed by atoms with van der Waals surface area (Å²) in [5, 5.41) is 12.0. The molecule has 128 valence electrons. The molecule has 1 aromatic heterocycles. The minimum Gasteiger partial charge on any atom is -0.395 e. The van der Waals surface area contributed by atoms with E-state index in [1.54, 1.807) is 6.33 Å². The first-order valence-electron chi connectivity index (χ1n) is 8.44. The van der Waals surface area contributed by atoms with Crippen LogP contribution in [0.25, 0.3) is 0 Å². The number of rotatable bonds is 4. The van der Waals surface area contributed by atoms with E-state index in [1.807, 2.05) is 6.07 Å². The molecule has 2 saturated heterocycles. The molecule has 0 bridgehead atoms. The van der Waals surface area contributed by atoms with Gasteiger partial charge >= 0.3 is 0 Å². The number of piperazine rings is 1. The Labute approximate surface area is 138 Å².